The molecular weight excluding hydrogens is 545 g/mol. The quantitative estimate of drug-likeness (QED) is 0.322. The number of piperidine rings is 1. The molecule has 0 radical (unpaired) electrons. The summed E-state index contributed by atoms with van der Waals surface area (Å²) in [6.07, 6.45) is 4.44. The van der Waals surface area contributed by atoms with Crippen LogP contribution in [0.2, 0.25) is 10.0 Å². The first kappa shape index (κ1) is 27.0. The zero-order valence-corrected chi connectivity index (χ0v) is 23.3. The standard InChI is InChI=1S/C26H29Cl2N7O4/c1-26(2,3)39-25(37)34-8-4-5-16(12-34)23-31-17(14-38-23)13-35-21-20(11-30-35)32-24(33-22(21)36)29-10-15-6-7-18(27)19(28)9-15/h6-7,9,11,14,16H,4-5,8,10,12-13H2,1-3H3,(H2,29,32,33,36). The number of hydrogen-bond acceptors (Lipinski definition) is 8. The maximum Gasteiger partial charge on any atom is 0.410 e. The second-order valence-electron chi connectivity index (χ2n) is 10.5. The Morgan fingerprint density at radius 3 is 2.85 bits per heavy atom. The van der Waals surface area contributed by atoms with Crippen LogP contribution in [0.1, 0.15) is 56.7 Å². The van der Waals surface area contributed by atoms with Gasteiger partial charge in [-0.25, -0.2) is 14.8 Å². The average Bonchev–Trinajstić information content (AvgIpc) is 3.52. The van der Waals surface area contributed by atoms with Crippen molar-refractivity contribution in [2.45, 2.75) is 58.2 Å². The molecule has 1 atom stereocenters. The summed E-state index contributed by atoms with van der Waals surface area (Å²) in [6.45, 7) is 7.29. The molecule has 0 bridgehead atoms. The van der Waals surface area contributed by atoms with E-state index in [0.29, 0.717) is 58.2 Å². The Kier molecular flexibility index (Phi) is 7.55. The summed E-state index contributed by atoms with van der Waals surface area (Å²) in [5, 5.41) is 8.37. The van der Waals surface area contributed by atoms with Crippen LogP contribution in [-0.4, -0.2) is 54.4 Å². The van der Waals surface area contributed by atoms with Gasteiger partial charge in [-0.3, -0.25) is 14.5 Å². The Bertz CT molecular complexity index is 1560. The number of oxazole rings is 1. The van der Waals surface area contributed by atoms with E-state index in [1.54, 1.807) is 28.0 Å². The first-order valence-electron chi connectivity index (χ1n) is 12.6. The lowest BCUT2D eigenvalue weighted by molar-refractivity contribution is 0.0190. The van der Waals surface area contributed by atoms with E-state index in [1.807, 2.05) is 26.8 Å². The molecule has 1 saturated heterocycles. The van der Waals surface area contributed by atoms with Crippen molar-refractivity contribution in [2.24, 2.45) is 0 Å². The smallest absolute Gasteiger partial charge is 0.410 e. The first-order valence-corrected chi connectivity index (χ1v) is 13.4. The van der Waals surface area contributed by atoms with Crippen molar-refractivity contribution in [3.8, 4) is 0 Å². The van der Waals surface area contributed by atoms with Crippen LogP contribution >= 0.6 is 23.2 Å². The van der Waals surface area contributed by atoms with Crippen molar-refractivity contribution in [3.63, 3.8) is 0 Å². The van der Waals surface area contributed by atoms with Gasteiger partial charge >= 0.3 is 6.09 Å². The van der Waals surface area contributed by atoms with E-state index >= 15 is 0 Å². The fraction of sp³-hybridized carbons (Fsp3) is 0.423. The van der Waals surface area contributed by atoms with Crippen LogP contribution in [-0.2, 0) is 17.8 Å². The number of amides is 1. The van der Waals surface area contributed by atoms with E-state index in [9.17, 15) is 9.59 Å². The SMILES string of the molecule is CC(C)(C)OC(=O)N1CCCC(c2nc(Cn3ncc4nc(NCc5ccc(Cl)c(Cl)c5)[nH]c(=O)c43)co2)C1. The number of carbonyl (C=O) groups excluding carboxylic acids is 1. The fourth-order valence-electron chi connectivity index (χ4n) is 4.45. The van der Waals surface area contributed by atoms with Crippen molar-refractivity contribution in [3.05, 3.63) is 68.2 Å². The maximum atomic E-state index is 12.9. The molecule has 13 heteroatoms. The van der Waals surface area contributed by atoms with Crippen LogP contribution in [0, 0.1) is 0 Å². The van der Waals surface area contributed by atoms with Gasteiger partial charge in [0.25, 0.3) is 5.56 Å². The van der Waals surface area contributed by atoms with E-state index < -0.39 is 5.60 Å². The summed E-state index contributed by atoms with van der Waals surface area (Å²) in [6, 6.07) is 5.30. The van der Waals surface area contributed by atoms with Gasteiger partial charge < -0.3 is 19.4 Å². The summed E-state index contributed by atoms with van der Waals surface area (Å²) in [4.78, 5) is 39.0. The number of anilines is 1. The van der Waals surface area contributed by atoms with E-state index in [-0.39, 0.29) is 24.1 Å². The number of nitrogens with zero attached hydrogens (tertiary/aromatic N) is 5. The number of aromatic amines is 1. The second-order valence-corrected chi connectivity index (χ2v) is 11.3. The summed E-state index contributed by atoms with van der Waals surface area (Å²) < 4.78 is 12.8. The molecule has 1 fully saturated rings. The van der Waals surface area contributed by atoms with Gasteiger partial charge in [0.05, 0.1) is 28.7 Å². The largest absolute Gasteiger partial charge is 0.448 e. The Morgan fingerprint density at radius 1 is 1.26 bits per heavy atom. The van der Waals surface area contributed by atoms with E-state index in [2.05, 4.69) is 25.4 Å². The highest BCUT2D eigenvalue weighted by atomic mass is 35.5. The zero-order chi connectivity index (χ0) is 27.7. The molecule has 39 heavy (non-hydrogen) atoms. The number of halogens is 2. The molecule has 1 unspecified atom stereocenters. The molecule has 4 aromatic rings. The third-order valence-corrected chi connectivity index (χ3v) is 6.99. The lowest BCUT2D eigenvalue weighted by atomic mass is 9.98. The minimum atomic E-state index is -0.554. The van der Waals surface area contributed by atoms with Crippen LogP contribution in [0.4, 0.5) is 10.7 Å². The molecule has 0 spiro atoms. The van der Waals surface area contributed by atoms with Crippen LogP contribution in [0.15, 0.2) is 39.9 Å². The van der Waals surface area contributed by atoms with Gasteiger partial charge in [-0.1, -0.05) is 29.3 Å². The lowest BCUT2D eigenvalue weighted by Gasteiger charge is -2.32. The van der Waals surface area contributed by atoms with Crippen molar-refractivity contribution in [1.82, 2.24) is 29.6 Å². The molecule has 0 saturated carbocycles. The number of H-pyrrole nitrogens is 1. The van der Waals surface area contributed by atoms with Gasteiger partial charge in [0.2, 0.25) is 5.95 Å². The highest BCUT2D eigenvalue weighted by Crippen LogP contribution is 2.28. The van der Waals surface area contributed by atoms with Gasteiger partial charge in [-0.05, 0) is 51.3 Å². The maximum absolute atomic E-state index is 12.9. The molecule has 1 amide bonds. The molecule has 1 aromatic carbocycles. The Labute approximate surface area is 234 Å². The van der Waals surface area contributed by atoms with Crippen molar-refractivity contribution >= 4 is 46.3 Å². The topological polar surface area (TPSA) is 131 Å². The lowest BCUT2D eigenvalue weighted by Crippen LogP contribution is -2.42. The zero-order valence-electron chi connectivity index (χ0n) is 21.8. The van der Waals surface area contributed by atoms with Crippen molar-refractivity contribution < 1.29 is 13.9 Å². The number of rotatable bonds is 6. The molecular formula is C26H29Cl2N7O4. The minimum Gasteiger partial charge on any atom is -0.448 e. The number of hydrogen-bond donors (Lipinski definition) is 2. The Morgan fingerprint density at radius 2 is 2.08 bits per heavy atom. The number of benzene rings is 1. The first-order chi connectivity index (χ1) is 18.6. The predicted molar refractivity (Wildman–Crippen MR) is 147 cm³/mol. The molecule has 1 aliphatic rings. The fourth-order valence-corrected chi connectivity index (χ4v) is 4.77. The van der Waals surface area contributed by atoms with Crippen molar-refractivity contribution in [2.75, 3.05) is 18.4 Å². The van der Waals surface area contributed by atoms with Gasteiger partial charge in [-0.2, -0.15) is 5.10 Å². The second kappa shape index (κ2) is 10.9. The van der Waals surface area contributed by atoms with E-state index in [0.717, 1.165) is 18.4 Å². The molecule has 0 aliphatic carbocycles. The number of fused-ring (bicyclic) bond motifs is 1. The molecule has 2 N–H and O–H groups in total. The summed E-state index contributed by atoms with van der Waals surface area (Å²) in [5.74, 6) is 0.827. The summed E-state index contributed by atoms with van der Waals surface area (Å²) >= 11 is 12.0. The van der Waals surface area contributed by atoms with Crippen LogP contribution in [0.25, 0.3) is 11.0 Å². The Balaban J connectivity index is 1.26. The molecule has 206 valence electrons. The van der Waals surface area contributed by atoms with Gasteiger partial charge in [0.15, 0.2) is 11.4 Å². The van der Waals surface area contributed by atoms with Gasteiger partial charge in [0.1, 0.15) is 23.1 Å². The third kappa shape index (κ3) is 6.36. The van der Waals surface area contributed by atoms with Gasteiger partial charge in [0, 0.05) is 19.6 Å². The summed E-state index contributed by atoms with van der Waals surface area (Å²) in [5.41, 5.74) is 1.38. The number of likely N-dealkylation sites (tertiary alicyclic amines) is 1. The van der Waals surface area contributed by atoms with Crippen LogP contribution in [0.5, 0.6) is 0 Å². The number of ether oxygens (including phenoxy) is 1. The van der Waals surface area contributed by atoms with Gasteiger partial charge in [-0.15, -0.1) is 0 Å². The molecule has 11 nitrogen and oxygen atoms in total. The summed E-state index contributed by atoms with van der Waals surface area (Å²) in [7, 11) is 0. The number of aromatic nitrogens is 5. The van der Waals surface area contributed by atoms with E-state index in [4.69, 9.17) is 32.4 Å². The molecule has 5 rings (SSSR count). The van der Waals surface area contributed by atoms with Crippen molar-refractivity contribution in [1.29, 1.82) is 0 Å². The highest BCUT2D eigenvalue weighted by Gasteiger charge is 2.30. The number of carbonyl (C=O) groups is 1. The van der Waals surface area contributed by atoms with Crippen LogP contribution < -0.4 is 10.9 Å². The van der Waals surface area contributed by atoms with Crippen LogP contribution in [0.3, 0.4) is 0 Å². The number of nitrogens with one attached hydrogen (secondary N) is 2. The highest BCUT2D eigenvalue weighted by molar-refractivity contribution is 6.42. The molecule has 1 aliphatic heterocycles. The minimum absolute atomic E-state index is 0.0383. The molecule has 3 aromatic heterocycles. The van der Waals surface area contributed by atoms with E-state index in [1.165, 1.54) is 6.20 Å². The normalized spacial score (nSPS) is 16.0. The third-order valence-electron chi connectivity index (χ3n) is 6.25. The Hall–Kier alpha value is -3.57. The average molecular weight is 574 g/mol. The molecule has 4 heterocycles. The monoisotopic (exact) mass is 573 g/mol. The predicted octanol–water partition coefficient (Wildman–Crippen LogP) is 5.19.